The molecule has 0 radical (unpaired) electrons. The standard InChI is InChI=1S/C14H23NS/c1-5-11(6-2)14(15-3)12-7-9-13(16-4)10-8-12/h7-11,14-15H,5-6H2,1-4H3. The van der Waals surface area contributed by atoms with Crippen LogP contribution in [0.1, 0.15) is 38.3 Å². The van der Waals surface area contributed by atoms with Crippen LogP contribution in [0.15, 0.2) is 29.2 Å². The summed E-state index contributed by atoms with van der Waals surface area (Å²) in [6.07, 6.45) is 4.57. The molecule has 0 bridgehead atoms. The van der Waals surface area contributed by atoms with Crippen LogP contribution in [0.5, 0.6) is 0 Å². The Bertz CT molecular complexity index is 290. The highest BCUT2D eigenvalue weighted by atomic mass is 32.2. The molecular weight excluding hydrogens is 214 g/mol. The summed E-state index contributed by atoms with van der Waals surface area (Å²) in [7, 11) is 2.06. The maximum atomic E-state index is 3.45. The normalized spacial score (nSPS) is 13.1. The van der Waals surface area contributed by atoms with Crippen molar-refractivity contribution < 1.29 is 0 Å². The molecule has 0 aliphatic heterocycles. The van der Waals surface area contributed by atoms with Gasteiger partial charge in [-0.15, -0.1) is 11.8 Å². The third-order valence-corrected chi connectivity index (χ3v) is 4.05. The summed E-state index contributed by atoms with van der Waals surface area (Å²) >= 11 is 1.80. The number of hydrogen-bond donors (Lipinski definition) is 1. The highest BCUT2D eigenvalue weighted by Crippen LogP contribution is 2.28. The second-order valence-electron chi connectivity index (χ2n) is 4.12. The Labute approximate surface area is 104 Å². The molecule has 1 aromatic rings. The smallest absolute Gasteiger partial charge is 0.0345 e. The Morgan fingerprint density at radius 3 is 2.06 bits per heavy atom. The first-order chi connectivity index (χ1) is 7.76. The summed E-state index contributed by atoms with van der Waals surface area (Å²) in [5.74, 6) is 0.727. The van der Waals surface area contributed by atoms with Crippen molar-refractivity contribution in [2.45, 2.75) is 37.6 Å². The highest BCUT2D eigenvalue weighted by Gasteiger charge is 2.18. The molecule has 0 heterocycles. The predicted molar refractivity (Wildman–Crippen MR) is 74.1 cm³/mol. The molecule has 0 aromatic heterocycles. The van der Waals surface area contributed by atoms with E-state index in [2.05, 4.69) is 56.7 Å². The number of nitrogens with one attached hydrogen (secondary N) is 1. The van der Waals surface area contributed by atoms with Gasteiger partial charge in [-0.25, -0.2) is 0 Å². The Kier molecular flexibility index (Phi) is 5.93. The topological polar surface area (TPSA) is 12.0 Å². The molecule has 0 saturated heterocycles. The van der Waals surface area contributed by atoms with E-state index in [9.17, 15) is 0 Å². The molecule has 0 amide bonds. The third-order valence-electron chi connectivity index (χ3n) is 3.31. The van der Waals surface area contributed by atoms with Crippen LogP contribution in [0.3, 0.4) is 0 Å². The van der Waals surface area contributed by atoms with Crippen LogP contribution in [0.2, 0.25) is 0 Å². The van der Waals surface area contributed by atoms with Crippen molar-refractivity contribution in [2.24, 2.45) is 5.92 Å². The van der Waals surface area contributed by atoms with Crippen LogP contribution < -0.4 is 5.32 Å². The maximum Gasteiger partial charge on any atom is 0.0345 e. The molecule has 16 heavy (non-hydrogen) atoms. The van der Waals surface area contributed by atoms with Gasteiger partial charge < -0.3 is 5.32 Å². The van der Waals surface area contributed by atoms with E-state index in [-0.39, 0.29) is 0 Å². The Balaban J connectivity index is 2.85. The summed E-state index contributed by atoms with van der Waals surface area (Å²) in [6, 6.07) is 9.43. The number of thioether (sulfide) groups is 1. The summed E-state index contributed by atoms with van der Waals surface area (Å²) < 4.78 is 0. The largest absolute Gasteiger partial charge is 0.313 e. The number of benzene rings is 1. The lowest BCUT2D eigenvalue weighted by Gasteiger charge is -2.25. The minimum atomic E-state index is 0.492. The van der Waals surface area contributed by atoms with E-state index in [4.69, 9.17) is 0 Å². The molecule has 1 nitrogen and oxygen atoms in total. The van der Waals surface area contributed by atoms with Gasteiger partial charge in [0.1, 0.15) is 0 Å². The minimum Gasteiger partial charge on any atom is -0.313 e. The van der Waals surface area contributed by atoms with Gasteiger partial charge in [0, 0.05) is 10.9 Å². The lowest BCUT2D eigenvalue weighted by atomic mass is 9.89. The van der Waals surface area contributed by atoms with Crippen LogP contribution in [-0.4, -0.2) is 13.3 Å². The zero-order valence-electron chi connectivity index (χ0n) is 10.8. The molecule has 2 heteroatoms. The van der Waals surface area contributed by atoms with Crippen LogP contribution in [-0.2, 0) is 0 Å². The van der Waals surface area contributed by atoms with Gasteiger partial charge in [0.15, 0.2) is 0 Å². The van der Waals surface area contributed by atoms with E-state index in [0.717, 1.165) is 5.92 Å². The van der Waals surface area contributed by atoms with Gasteiger partial charge in [-0.2, -0.15) is 0 Å². The van der Waals surface area contributed by atoms with E-state index in [1.807, 2.05) is 0 Å². The van der Waals surface area contributed by atoms with Gasteiger partial charge in [-0.3, -0.25) is 0 Å². The van der Waals surface area contributed by atoms with Crippen molar-refractivity contribution in [2.75, 3.05) is 13.3 Å². The molecule has 0 aliphatic carbocycles. The molecule has 0 aliphatic rings. The van der Waals surface area contributed by atoms with Crippen molar-refractivity contribution >= 4 is 11.8 Å². The van der Waals surface area contributed by atoms with E-state index >= 15 is 0 Å². The summed E-state index contributed by atoms with van der Waals surface area (Å²) in [4.78, 5) is 1.34. The zero-order chi connectivity index (χ0) is 12.0. The van der Waals surface area contributed by atoms with Crippen LogP contribution in [0.4, 0.5) is 0 Å². The van der Waals surface area contributed by atoms with Gasteiger partial charge in [0.05, 0.1) is 0 Å². The molecule has 1 unspecified atom stereocenters. The first-order valence-electron chi connectivity index (χ1n) is 6.08. The van der Waals surface area contributed by atoms with Crippen LogP contribution in [0.25, 0.3) is 0 Å². The lowest BCUT2D eigenvalue weighted by molar-refractivity contribution is 0.359. The van der Waals surface area contributed by atoms with Crippen LogP contribution in [0, 0.1) is 5.92 Å². The zero-order valence-corrected chi connectivity index (χ0v) is 11.6. The average Bonchev–Trinajstić information content (AvgIpc) is 2.36. The van der Waals surface area contributed by atoms with Crippen molar-refractivity contribution in [1.29, 1.82) is 0 Å². The van der Waals surface area contributed by atoms with Crippen molar-refractivity contribution in [3.05, 3.63) is 29.8 Å². The molecule has 0 saturated carbocycles. The van der Waals surface area contributed by atoms with Crippen molar-refractivity contribution in [3.8, 4) is 0 Å². The predicted octanol–water partition coefficient (Wildman–Crippen LogP) is 4.11. The maximum absolute atomic E-state index is 3.45. The Morgan fingerprint density at radius 2 is 1.69 bits per heavy atom. The fraction of sp³-hybridized carbons (Fsp3) is 0.571. The second kappa shape index (κ2) is 6.97. The summed E-state index contributed by atoms with van der Waals surface area (Å²) in [5.41, 5.74) is 1.41. The molecule has 1 aromatic carbocycles. The minimum absolute atomic E-state index is 0.492. The lowest BCUT2D eigenvalue weighted by Crippen LogP contribution is -2.24. The third kappa shape index (κ3) is 3.26. The van der Waals surface area contributed by atoms with Gasteiger partial charge in [-0.05, 0) is 36.9 Å². The molecule has 1 rings (SSSR count). The monoisotopic (exact) mass is 237 g/mol. The Hall–Kier alpha value is -0.470. The summed E-state index contributed by atoms with van der Waals surface area (Å²) in [6.45, 7) is 4.55. The van der Waals surface area contributed by atoms with E-state index in [1.165, 1.54) is 23.3 Å². The fourth-order valence-electron chi connectivity index (χ4n) is 2.25. The molecular formula is C14H23NS. The number of hydrogen-bond acceptors (Lipinski definition) is 2. The Morgan fingerprint density at radius 1 is 1.12 bits per heavy atom. The van der Waals surface area contributed by atoms with E-state index in [0.29, 0.717) is 6.04 Å². The SMILES string of the molecule is CCC(CC)C(NC)c1ccc(SC)cc1. The van der Waals surface area contributed by atoms with Gasteiger partial charge in [-0.1, -0.05) is 38.8 Å². The molecule has 1 N–H and O–H groups in total. The quantitative estimate of drug-likeness (QED) is 0.747. The molecule has 1 atom stereocenters. The van der Waals surface area contributed by atoms with Gasteiger partial charge in [0.2, 0.25) is 0 Å². The van der Waals surface area contributed by atoms with E-state index < -0.39 is 0 Å². The fourth-order valence-corrected chi connectivity index (χ4v) is 2.65. The molecule has 0 spiro atoms. The first-order valence-corrected chi connectivity index (χ1v) is 7.30. The molecule has 90 valence electrons. The van der Waals surface area contributed by atoms with E-state index in [1.54, 1.807) is 11.8 Å². The average molecular weight is 237 g/mol. The van der Waals surface area contributed by atoms with Gasteiger partial charge in [0.25, 0.3) is 0 Å². The van der Waals surface area contributed by atoms with Gasteiger partial charge >= 0.3 is 0 Å². The van der Waals surface area contributed by atoms with Crippen LogP contribution >= 0.6 is 11.8 Å². The first kappa shape index (κ1) is 13.6. The summed E-state index contributed by atoms with van der Waals surface area (Å²) in [5, 5.41) is 3.45. The van der Waals surface area contributed by atoms with Crippen molar-refractivity contribution in [1.82, 2.24) is 5.32 Å². The second-order valence-corrected chi connectivity index (χ2v) is 5.00. The van der Waals surface area contributed by atoms with Crippen molar-refractivity contribution in [3.63, 3.8) is 0 Å². The molecule has 0 fully saturated rings. The highest BCUT2D eigenvalue weighted by molar-refractivity contribution is 7.98. The number of rotatable bonds is 6.